The normalized spacial score (nSPS) is 12.8. The standard InChI is InChI=1S/C22H23N3O/c1-16(21-10-6-7-15-23-21)22(26)25-20-13-11-19(12-14-20)24-17(2)18-8-4-3-5-9-18/h3-17,24H,1-2H3,(H,25,26)/t16-,17-/m1/s1. The van der Waals surface area contributed by atoms with Gasteiger partial charge in [-0.3, -0.25) is 9.78 Å². The molecule has 26 heavy (non-hydrogen) atoms. The van der Waals surface area contributed by atoms with Gasteiger partial charge in [-0.15, -0.1) is 0 Å². The van der Waals surface area contributed by atoms with Crippen LogP contribution in [0.2, 0.25) is 0 Å². The van der Waals surface area contributed by atoms with E-state index in [9.17, 15) is 4.79 Å². The van der Waals surface area contributed by atoms with E-state index in [1.807, 2.05) is 67.6 Å². The molecule has 3 rings (SSSR count). The maximum atomic E-state index is 12.4. The molecule has 0 saturated heterocycles. The van der Waals surface area contributed by atoms with Crippen molar-refractivity contribution in [2.24, 2.45) is 0 Å². The van der Waals surface area contributed by atoms with E-state index >= 15 is 0 Å². The van der Waals surface area contributed by atoms with Crippen LogP contribution in [0.25, 0.3) is 0 Å². The summed E-state index contributed by atoms with van der Waals surface area (Å²) in [5.74, 6) is -0.367. The molecule has 4 nitrogen and oxygen atoms in total. The van der Waals surface area contributed by atoms with Gasteiger partial charge in [0.25, 0.3) is 0 Å². The molecular weight excluding hydrogens is 322 g/mol. The maximum Gasteiger partial charge on any atom is 0.233 e. The van der Waals surface area contributed by atoms with Crippen molar-refractivity contribution in [2.45, 2.75) is 25.8 Å². The third-order valence-electron chi connectivity index (χ3n) is 4.36. The molecule has 3 aromatic rings. The highest BCUT2D eigenvalue weighted by atomic mass is 16.1. The van der Waals surface area contributed by atoms with E-state index in [0.29, 0.717) is 0 Å². The van der Waals surface area contributed by atoms with Gasteiger partial charge >= 0.3 is 0 Å². The van der Waals surface area contributed by atoms with Crippen LogP contribution in [0, 0.1) is 0 Å². The Morgan fingerprint density at radius 1 is 0.846 bits per heavy atom. The predicted molar refractivity (Wildman–Crippen MR) is 106 cm³/mol. The number of hydrogen-bond donors (Lipinski definition) is 2. The van der Waals surface area contributed by atoms with E-state index in [1.54, 1.807) is 6.20 Å². The predicted octanol–water partition coefficient (Wildman–Crippen LogP) is 5.00. The number of nitrogens with one attached hydrogen (secondary N) is 2. The first-order valence-corrected chi connectivity index (χ1v) is 8.77. The van der Waals surface area contributed by atoms with Crippen molar-refractivity contribution in [2.75, 3.05) is 10.6 Å². The Bertz CT molecular complexity index is 832. The van der Waals surface area contributed by atoms with Gasteiger partial charge in [-0.05, 0) is 55.8 Å². The van der Waals surface area contributed by atoms with E-state index in [-0.39, 0.29) is 17.9 Å². The molecule has 1 heterocycles. The molecule has 0 fully saturated rings. The van der Waals surface area contributed by atoms with Gasteiger partial charge in [0.15, 0.2) is 0 Å². The number of amides is 1. The number of carbonyl (C=O) groups is 1. The molecule has 0 aliphatic carbocycles. The second kappa shape index (κ2) is 8.30. The molecule has 0 spiro atoms. The average molecular weight is 345 g/mol. The van der Waals surface area contributed by atoms with E-state index in [4.69, 9.17) is 0 Å². The molecule has 4 heteroatoms. The van der Waals surface area contributed by atoms with Crippen molar-refractivity contribution in [3.63, 3.8) is 0 Å². The summed E-state index contributed by atoms with van der Waals surface area (Å²) >= 11 is 0. The summed E-state index contributed by atoms with van der Waals surface area (Å²) in [7, 11) is 0. The number of benzene rings is 2. The van der Waals surface area contributed by atoms with Gasteiger partial charge in [0, 0.05) is 23.6 Å². The topological polar surface area (TPSA) is 54.0 Å². The number of hydrogen-bond acceptors (Lipinski definition) is 3. The summed E-state index contributed by atoms with van der Waals surface area (Å²) in [5.41, 5.74) is 3.78. The van der Waals surface area contributed by atoms with Crippen molar-refractivity contribution in [1.29, 1.82) is 0 Å². The first-order valence-electron chi connectivity index (χ1n) is 8.77. The smallest absolute Gasteiger partial charge is 0.233 e. The molecule has 0 radical (unpaired) electrons. The van der Waals surface area contributed by atoms with Crippen LogP contribution in [0.4, 0.5) is 11.4 Å². The molecule has 0 bridgehead atoms. The molecular formula is C22H23N3O. The van der Waals surface area contributed by atoms with E-state index < -0.39 is 0 Å². The monoisotopic (exact) mass is 345 g/mol. The molecule has 2 atom stereocenters. The van der Waals surface area contributed by atoms with Crippen molar-refractivity contribution in [3.8, 4) is 0 Å². The fourth-order valence-corrected chi connectivity index (χ4v) is 2.74. The maximum absolute atomic E-state index is 12.4. The van der Waals surface area contributed by atoms with Crippen LogP contribution in [0.5, 0.6) is 0 Å². The third kappa shape index (κ3) is 4.48. The summed E-state index contributed by atoms with van der Waals surface area (Å²) < 4.78 is 0. The second-order valence-electron chi connectivity index (χ2n) is 6.32. The average Bonchev–Trinajstić information content (AvgIpc) is 2.70. The van der Waals surface area contributed by atoms with Gasteiger partial charge in [-0.2, -0.15) is 0 Å². The van der Waals surface area contributed by atoms with Gasteiger partial charge < -0.3 is 10.6 Å². The first kappa shape index (κ1) is 17.7. The van der Waals surface area contributed by atoms with Gasteiger partial charge in [0.2, 0.25) is 5.91 Å². The van der Waals surface area contributed by atoms with Crippen LogP contribution in [0.15, 0.2) is 79.0 Å². The Hall–Kier alpha value is -3.14. The zero-order valence-electron chi connectivity index (χ0n) is 15.0. The molecule has 132 valence electrons. The van der Waals surface area contributed by atoms with Gasteiger partial charge in [0.05, 0.1) is 11.6 Å². The van der Waals surface area contributed by atoms with Gasteiger partial charge in [-0.1, -0.05) is 36.4 Å². The number of nitrogens with zero attached hydrogens (tertiary/aromatic N) is 1. The minimum absolute atomic E-state index is 0.0675. The lowest BCUT2D eigenvalue weighted by molar-refractivity contribution is -0.117. The lowest BCUT2D eigenvalue weighted by atomic mass is 10.1. The van der Waals surface area contributed by atoms with Crippen LogP contribution in [-0.2, 0) is 4.79 Å². The van der Waals surface area contributed by atoms with Crippen LogP contribution in [-0.4, -0.2) is 10.9 Å². The highest BCUT2D eigenvalue weighted by Crippen LogP contribution is 2.21. The molecule has 2 aromatic carbocycles. The first-order chi connectivity index (χ1) is 12.6. The van der Waals surface area contributed by atoms with Crippen molar-refractivity contribution >= 4 is 17.3 Å². The van der Waals surface area contributed by atoms with E-state index in [2.05, 4.69) is 34.7 Å². The number of anilines is 2. The molecule has 0 aliphatic rings. The highest BCUT2D eigenvalue weighted by molar-refractivity contribution is 5.95. The molecule has 0 unspecified atom stereocenters. The van der Waals surface area contributed by atoms with Gasteiger partial charge in [0.1, 0.15) is 0 Å². The minimum Gasteiger partial charge on any atom is -0.379 e. The highest BCUT2D eigenvalue weighted by Gasteiger charge is 2.16. The Morgan fingerprint density at radius 2 is 1.50 bits per heavy atom. The number of pyridine rings is 1. The lowest BCUT2D eigenvalue weighted by Crippen LogP contribution is -2.19. The summed E-state index contributed by atoms with van der Waals surface area (Å²) in [6, 6.07) is 23.9. The van der Waals surface area contributed by atoms with Crippen LogP contribution >= 0.6 is 0 Å². The van der Waals surface area contributed by atoms with Crippen LogP contribution in [0.1, 0.15) is 37.1 Å². The second-order valence-corrected chi connectivity index (χ2v) is 6.32. The zero-order valence-corrected chi connectivity index (χ0v) is 15.0. The Kier molecular flexibility index (Phi) is 5.64. The molecule has 1 amide bonds. The SMILES string of the molecule is C[C@@H](Nc1ccc(NC(=O)[C@H](C)c2ccccn2)cc1)c1ccccc1. The van der Waals surface area contributed by atoms with E-state index in [0.717, 1.165) is 17.1 Å². The molecule has 0 saturated carbocycles. The van der Waals surface area contributed by atoms with Crippen LogP contribution in [0.3, 0.4) is 0 Å². The summed E-state index contributed by atoms with van der Waals surface area (Å²) in [6.07, 6.45) is 1.70. The minimum atomic E-state index is -0.299. The quantitative estimate of drug-likeness (QED) is 0.661. The summed E-state index contributed by atoms with van der Waals surface area (Å²) in [6.45, 7) is 3.98. The molecule has 0 aliphatic heterocycles. The molecule has 2 N–H and O–H groups in total. The lowest BCUT2D eigenvalue weighted by Gasteiger charge is -2.16. The number of rotatable bonds is 6. The summed E-state index contributed by atoms with van der Waals surface area (Å²) in [5, 5.41) is 6.41. The fraction of sp³-hybridized carbons (Fsp3) is 0.182. The van der Waals surface area contributed by atoms with Crippen molar-refractivity contribution in [1.82, 2.24) is 4.98 Å². The largest absolute Gasteiger partial charge is 0.379 e. The van der Waals surface area contributed by atoms with Crippen molar-refractivity contribution in [3.05, 3.63) is 90.3 Å². The van der Waals surface area contributed by atoms with Crippen LogP contribution < -0.4 is 10.6 Å². The van der Waals surface area contributed by atoms with Crippen molar-refractivity contribution < 1.29 is 4.79 Å². The third-order valence-corrected chi connectivity index (χ3v) is 4.36. The number of carbonyl (C=O) groups excluding carboxylic acids is 1. The van der Waals surface area contributed by atoms with Gasteiger partial charge in [-0.25, -0.2) is 0 Å². The fourth-order valence-electron chi connectivity index (χ4n) is 2.74. The zero-order chi connectivity index (χ0) is 18.4. The Balaban J connectivity index is 1.60. The Labute approximate surface area is 154 Å². The summed E-state index contributed by atoms with van der Waals surface area (Å²) in [4.78, 5) is 16.6. The Morgan fingerprint density at radius 3 is 2.15 bits per heavy atom. The molecule has 1 aromatic heterocycles. The van der Waals surface area contributed by atoms with E-state index in [1.165, 1.54) is 5.56 Å². The number of aromatic nitrogens is 1.